The van der Waals surface area contributed by atoms with Crippen molar-refractivity contribution in [2.75, 3.05) is 52.9 Å². The molecule has 35 heavy (non-hydrogen) atoms. The van der Waals surface area contributed by atoms with Crippen LogP contribution in [-0.4, -0.2) is 64.8 Å². The quantitative estimate of drug-likeness (QED) is 0.279. The van der Waals surface area contributed by atoms with E-state index in [9.17, 15) is 19.8 Å². The molecule has 0 aliphatic carbocycles. The van der Waals surface area contributed by atoms with Crippen molar-refractivity contribution in [2.45, 2.75) is 0 Å². The van der Waals surface area contributed by atoms with Gasteiger partial charge in [0.15, 0.2) is 11.5 Å². The maximum Gasteiger partial charge on any atom is 1.00 e. The normalized spacial score (nSPS) is 15.1. The van der Waals surface area contributed by atoms with Crippen LogP contribution in [0.3, 0.4) is 0 Å². The zero-order valence-electron chi connectivity index (χ0n) is 19.9. The summed E-state index contributed by atoms with van der Waals surface area (Å²) in [5.74, 6) is -2.09. The van der Waals surface area contributed by atoms with Crippen LogP contribution >= 0.6 is 0 Å². The third-order valence-electron chi connectivity index (χ3n) is 4.63. The van der Waals surface area contributed by atoms with Crippen LogP contribution in [-0.2, 0) is 14.2 Å². The molecule has 0 atom stereocenters. The van der Waals surface area contributed by atoms with Crippen LogP contribution in [0.2, 0.25) is 0 Å². The van der Waals surface area contributed by atoms with Gasteiger partial charge in [0.2, 0.25) is 0 Å². The average Bonchev–Trinajstić information content (AvgIpc) is 2.81. The van der Waals surface area contributed by atoms with Gasteiger partial charge in [0.25, 0.3) is 0 Å². The molecule has 0 fully saturated rings. The molecule has 1 heterocycles. The van der Waals surface area contributed by atoms with Crippen molar-refractivity contribution >= 4 is 24.1 Å². The molecule has 11 heteroatoms. The summed E-state index contributed by atoms with van der Waals surface area (Å²) < 4.78 is 27.9. The number of benzene rings is 2. The number of carboxylic acid groups (broad SMARTS) is 2. The number of aromatic carboxylic acids is 2. The van der Waals surface area contributed by atoms with Gasteiger partial charge in [-0.3, -0.25) is 0 Å². The van der Waals surface area contributed by atoms with Crippen molar-refractivity contribution < 1.29 is 146 Å². The van der Waals surface area contributed by atoms with E-state index in [1.807, 2.05) is 6.07 Å². The molecule has 0 radical (unpaired) electrons. The first-order valence-corrected chi connectivity index (χ1v) is 10.4. The van der Waals surface area contributed by atoms with Crippen molar-refractivity contribution in [3.63, 3.8) is 0 Å². The van der Waals surface area contributed by atoms with Gasteiger partial charge in [-0.15, -0.1) is 0 Å². The summed E-state index contributed by atoms with van der Waals surface area (Å²) in [6, 6.07) is 9.24. The fraction of sp³-hybridized carbons (Fsp3) is 0.333. The number of hydrogen-bond acceptors (Lipinski definition) is 9. The number of carbonyl (C=O) groups excluding carboxylic acids is 2. The van der Waals surface area contributed by atoms with E-state index in [1.54, 1.807) is 24.3 Å². The molecule has 176 valence electrons. The zero-order valence-corrected chi connectivity index (χ0v) is 26.2. The Balaban J connectivity index is 0.00000306. The Bertz CT molecular complexity index is 995. The topological polar surface area (TPSA) is 126 Å². The summed E-state index contributed by atoms with van der Waals surface area (Å²) in [7, 11) is 0. The van der Waals surface area contributed by atoms with Gasteiger partial charge in [-0.1, -0.05) is 30.4 Å². The van der Waals surface area contributed by atoms with E-state index in [0.717, 1.165) is 5.56 Å². The predicted octanol–water partition coefficient (Wildman–Crippen LogP) is -5.59. The summed E-state index contributed by atoms with van der Waals surface area (Å²) in [5.41, 5.74) is 0.374. The fourth-order valence-electron chi connectivity index (χ4n) is 3.03. The number of rotatable bonds is 4. The first-order valence-electron chi connectivity index (χ1n) is 10.4. The van der Waals surface area contributed by atoms with E-state index in [-0.39, 0.29) is 103 Å². The van der Waals surface area contributed by atoms with Gasteiger partial charge in [0.05, 0.1) is 51.6 Å². The van der Waals surface area contributed by atoms with E-state index in [2.05, 4.69) is 0 Å². The summed E-state index contributed by atoms with van der Waals surface area (Å²) in [6.07, 6.45) is 3.39. The molecule has 1 aliphatic heterocycles. The Morgan fingerprint density at radius 2 is 1.06 bits per heavy atom. The molecular formula is C24H24K2O9. The molecule has 2 aromatic rings. The van der Waals surface area contributed by atoms with Crippen molar-refractivity contribution in [1.82, 2.24) is 0 Å². The molecule has 0 spiro atoms. The molecule has 3 rings (SSSR count). The predicted molar refractivity (Wildman–Crippen MR) is 114 cm³/mol. The van der Waals surface area contributed by atoms with Gasteiger partial charge < -0.3 is 43.5 Å². The largest absolute Gasteiger partial charge is 1.00 e. The zero-order chi connectivity index (χ0) is 23.5. The van der Waals surface area contributed by atoms with E-state index >= 15 is 0 Å². The molecular weight excluding hydrogens is 510 g/mol. The minimum atomic E-state index is -1.59. The van der Waals surface area contributed by atoms with Crippen molar-refractivity contribution in [3.8, 4) is 11.5 Å². The van der Waals surface area contributed by atoms with Gasteiger partial charge >= 0.3 is 103 Å². The number of carboxylic acids is 2. The molecule has 0 aromatic heterocycles. The molecule has 1 aliphatic rings. The second kappa shape index (κ2) is 18.2. The number of ether oxygens (including phenoxy) is 5. The average molecular weight is 535 g/mol. The van der Waals surface area contributed by atoms with Crippen LogP contribution in [0.15, 0.2) is 36.4 Å². The van der Waals surface area contributed by atoms with Gasteiger partial charge in [-0.05, 0) is 29.3 Å². The Kier molecular flexibility index (Phi) is 17.1. The van der Waals surface area contributed by atoms with E-state index in [1.165, 1.54) is 18.2 Å². The monoisotopic (exact) mass is 534 g/mol. The second-order valence-electron chi connectivity index (χ2n) is 6.95. The first-order chi connectivity index (χ1) is 16.0. The molecule has 0 bridgehead atoms. The Hall–Kier alpha value is -0.127. The summed E-state index contributed by atoms with van der Waals surface area (Å²) in [5, 5.41) is 22.3. The first kappa shape index (κ1) is 32.9. The molecule has 0 saturated carbocycles. The van der Waals surface area contributed by atoms with Gasteiger partial charge in [0.1, 0.15) is 13.2 Å². The van der Waals surface area contributed by atoms with Crippen LogP contribution < -0.4 is 122 Å². The molecule has 2 aromatic carbocycles. The molecule has 0 amide bonds. The van der Waals surface area contributed by atoms with E-state index < -0.39 is 23.1 Å². The summed E-state index contributed by atoms with van der Waals surface area (Å²) in [4.78, 5) is 22.3. The summed E-state index contributed by atoms with van der Waals surface area (Å²) in [6.45, 7) is 3.36. The van der Waals surface area contributed by atoms with Crippen molar-refractivity contribution in [2.24, 2.45) is 0 Å². The number of hydrogen-bond donors (Lipinski definition) is 0. The third-order valence-corrected chi connectivity index (χ3v) is 4.63. The van der Waals surface area contributed by atoms with E-state index in [0.29, 0.717) is 69.9 Å². The van der Waals surface area contributed by atoms with Crippen LogP contribution in [0.4, 0.5) is 0 Å². The van der Waals surface area contributed by atoms with Crippen molar-refractivity contribution in [3.05, 3.63) is 58.7 Å². The Morgan fingerprint density at radius 3 is 1.60 bits per heavy atom. The fourth-order valence-corrected chi connectivity index (χ4v) is 3.03. The smallest absolute Gasteiger partial charge is 0.545 e. The van der Waals surface area contributed by atoms with Crippen LogP contribution in [0, 0.1) is 0 Å². The van der Waals surface area contributed by atoms with Crippen molar-refractivity contribution in [1.29, 1.82) is 0 Å². The standard InChI is InChI=1S/C24H26O9.2K/c25-23(26)19-5-3-17(15-20(19)24(27)28)1-2-18-4-6-21-22(16-18)33-14-12-31-10-8-29-7-9-30-11-13-32-21;;/h1-6,15-16H,7-14H2,(H,25,26)(H,27,28);;/q;2*+1/p-2/b2-1+;;. The number of carbonyl (C=O) groups is 2. The third kappa shape index (κ3) is 11.4. The SMILES string of the molecule is O=C([O-])c1ccc(/C=C/c2ccc3c(c2)OCCOCCOCCOCCO3)cc1C(=O)[O-].[K+].[K+]. The molecule has 0 unspecified atom stereocenters. The second-order valence-corrected chi connectivity index (χ2v) is 6.95. The molecule has 9 nitrogen and oxygen atoms in total. The minimum absolute atomic E-state index is 0. The maximum absolute atomic E-state index is 11.2. The molecule has 0 N–H and O–H groups in total. The van der Waals surface area contributed by atoms with Crippen LogP contribution in [0.25, 0.3) is 12.2 Å². The number of fused-ring (bicyclic) bond motifs is 1. The van der Waals surface area contributed by atoms with Crippen LogP contribution in [0.5, 0.6) is 11.5 Å². The Labute approximate surface area is 288 Å². The molecule has 0 saturated heterocycles. The van der Waals surface area contributed by atoms with Gasteiger partial charge in [0, 0.05) is 11.1 Å². The van der Waals surface area contributed by atoms with E-state index in [4.69, 9.17) is 23.7 Å². The maximum atomic E-state index is 11.2. The van der Waals surface area contributed by atoms with Crippen LogP contribution in [0.1, 0.15) is 31.8 Å². The Morgan fingerprint density at radius 1 is 0.600 bits per heavy atom. The summed E-state index contributed by atoms with van der Waals surface area (Å²) >= 11 is 0. The minimum Gasteiger partial charge on any atom is -0.545 e. The van der Waals surface area contributed by atoms with Gasteiger partial charge in [-0.25, -0.2) is 0 Å². The van der Waals surface area contributed by atoms with Gasteiger partial charge in [-0.2, -0.15) is 0 Å².